The molecule has 0 unspecified atom stereocenters. The Labute approximate surface area is 176 Å². The zero-order valence-corrected chi connectivity index (χ0v) is 17.8. The van der Waals surface area contributed by atoms with Crippen LogP contribution >= 0.6 is 0 Å². The fraction of sp³-hybridized carbons (Fsp3) is 0.360. The highest BCUT2D eigenvalue weighted by Crippen LogP contribution is 2.25. The molecule has 5 nitrogen and oxygen atoms in total. The van der Waals surface area contributed by atoms with Gasteiger partial charge < -0.3 is 13.9 Å². The summed E-state index contributed by atoms with van der Waals surface area (Å²) < 4.78 is 16.0. The van der Waals surface area contributed by atoms with E-state index in [0.717, 1.165) is 17.4 Å². The van der Waals surface area contributed by atoms with Crippen LogP contribution in [0.4, 0.5) is 0 Å². The molecule has 1 aromatic heterocycles. The number of hydrogen-bond acceptors (Lipinski definition) is 5. The van der Waals surface area contributed by atoms with Crippen molar-refractivity contribution in [2.75, 3.05) is 6.79 Å². The van der Waals surface area contributed by atoms with Gasteiger partial charge in [0.1, 0.15) is 11.3 Å². The minimum absolute atomic E-state index is 0.185. The zero-order chi connectivity index (χ0) is 21.5. The lowest BCUT2D eigenvalue weighted by Gasteiger charge is -2.09. The molecule has 0 aliphatic heterocycles. The van der Waals surface area contributed by atoms with E-state index in [-0.39, 0.29) is 18.7 Å². The maximum atomic E-state index is 12.5. The van der Waals surface area contributed by atoms with Crippen LogP contribution in [0.1, 0.15) is 45.6 Å². The van der Waals surface area contributed by atoms with Gasteiger partial charge in [-0.3, -0.25) is 4.79 Å². The summed E-state index contributed by atoms with van der Waals surface area (Å²) in [5.41, 5.74) is 2.67. The highest BCUT2D eigenvalue weighted by atomic mass is 16.7. The predicted molar refractivity (Wildman–Crippen MR) is 118 cm³/mol. The molecule has 30 heavy (non-hydrogen) atoms. The number of hydrogen-bond donors (Lipinski definition) is 0. The van der Waals surface area contributed by atoms with Gasteiger partial charge in [-0.25, -0.2) is 4.79 Å². The third-order valence-electron chi connectivity index (χ3n) is 4.94. The van der Waals surface area contributed by atoms with E-state index in [1.165, 1.54) is 24.8 Å². The highest BCUT2D eigenvalue weighted by Gasteiger charge is 2.11. The SMILES string of the molecule is CCCCCc1ccc(-c2cc3ccc(OCOC(=O)C(C)C)cc3oc2=O)cc1. The van der Waals surface area contributed by atoms with Crippen molar-refractivity contribution in [2.24, 2.45) is 5.92 Å². The van der Waals surface area contributed by atoms with Crippen LogP contribution < -0.4 is 10.4 Å². The van der Waals surface area contributed by atoms with Gasteiger partial charge in [-0.05, 0) is 42.2 Å². The molecule has 0 radical (unpaired) electrons. The molecule has 0 aliphatic rings. The summed E-state index contributed by atoms with van der Waals surface area (Å²) in [6, 6.07) is 15.1. The van der Waals surface area contributed by atoms with Crippen molar-refractivity contribution in [1.82, 2.24) is 0 Å². The van der Waals surface area contributed by atoms with Gasteiger partial charge in [0.2, 0.25) is 6.79 Å². The van der Waals surface area contributed by atoms with Crippen molar-refractivity contribution < 1.29 is 18.7 Å². The molecule has 0 saturated heterocycles. The summed E-state index contributed by atoms with van der Waals surface area (Å²) in [4.78, 5) is 24.0. The summed E-state index contributed by atoms with van der Waals surface area (Å²) in [7, 11) is 0. The van der Waals surface area contributed by atoms with Gasteiger partial charge in [0.25, 0.3) is 0 Å². The van der Waals surface area contributed by atoms with Gasteiger partial charge in [0.15, 0.2) is 0 Å². The summed E-state index contributed by atoms with van der Waals surface area (Å²) in [5.74, 6) is -0.0817. The van der Waals surface area contributed by atoms with E-state index in [9.17, 15) is 9.59 Å². The summed E-state index contributed by atoms with van der Waals surface area (Å²) in [6.07, 6.45) is 4.65. The Kier molecular flexibility index (Phi) is 7.28. The van der Waals surface area contributed by atoms with Crippen LogP contribution in [0, 0.1) is 5.92 Å². The minimum Gasteiger partial charge on any atom is -0.457 e. The molecule has 0 bridgehead atoms. The summed E-state index contributed by atoms with van der Waals surface area (Å²) >= 11 is 0. The number of aryl methyl sites for hydroxylation is 1. The molecule has 0 atom stereocenters. The zero-order valence-electron chi connectivity index (χ0n) is 17.8. The standard InChI is InChI=1S/C25H28O5/c1-4-5-6-7-18-8-10-19(11-9-18)22-14-20-12-13-21(15-23(20)30-25(22)27)28-16-29-24(26)17(2)3/h8-15,17H,4-7,16H2,1-3H3. The smallest absolute Gasteiger partial charge is 0.344 e. The molecule has 0 fully saturated rings. The number of carbonyl (C=O) groups excluding carboxylic acids is 1. The van der Waals surface area contributed by atoms with Crippen molar-refractivity contribution in [3.05, 3.63) is 64.5 Å². The molecule has 0 aliphatic carbocycles. The largest absolute Gasteiger partial charge is 0.457 e. The number of ether oxygens (including phenoxy) is 2. The van der Waals surface area contributed by atoms with E-state index in [0.29, 0.717) is 16.9 Å². The number of benzene rings is 2. The average Bonchev–Trinajstić information content (AvgIpc) is 2.74. The fourth-order valence-corrected chi connectivity index (χ4v) is 3.13. The molecule has 0 saturated carbocycles. The first-order valence-electron chi connectivity index (χ1n) is 10.4. The maximum absolute atomic E-state index is 12.5. The van der Waals surface area contributed by atoms with Gasteiger partial charge in [-0.1, -0.05) is 57.9 Å². The van der Waals surface area contributed by atoms with Crippen LogP contribution in [-0.2, 0) is 16.0 Å². The number of unbranched alkanes of at least 4 members (excludes halogenated alkanes) is 2. The monoisotopic (exact) mass is 408 g/mol. The first-order valence-corrected chi connectivity index (χ1v) is 10.4. The van der Waals surface area contributed by atoms with Gasteiger partial charge in [-0.15, -0.1) is 0 Å². The molecule has 0 N–H and O–H groups in total. The number of esters is 1. The Morgan fingerprint density at radius 1 is 1.03 bits per heavy atom. The van der Waals surface area contributed by atoms with Gasteiger partial charge >= 0.3 is 11.6 Å². The molecular weight excluding hydrogens is 380 g/mol. The van der Waals surface area contributed by atoms with Crippen LogP contribution in [0.25, 0.3) is 22.1 Å². The third-order valence-corrected chi connectivity index (χ3v) is 4.94. The highest BCUT2D eigenvalue weighted by molar-refractivity contribution is 5.82. The molecule has 5 heteroatoms. The first kappa shape index (κ1) is 21.6. The molecule has 3 rings (SSSR count). The van der Waals surface area contributed by atoms with E-state index in [1.807, 2.05) is 24.3 Å². The van der Waals surface area contributed by atoms with Crippen molar-refractivity contribution >= 4 is 16.9 Å². The Bertz CT molecular complexity index is 1050. The molecule has 1 heterocycles. The normalized spacial score (nSPS) is 11.1. The van der Waals surface area contributed by atoms with Crippen LogP contribution in [0.3, 0.4) is 0 Å². The average molecular weight is 408 g/mol. The second-order valence-electron chi connectivity index (χ2n) is 7.68. The summed E-state index contributed by atoms with van der Waals surface area (Å²) in [6.45, 7) is 5.52. The quantitative estimate of drug-likeness (QED) is 0.196. The number of carbonyl (C=O) groups is 1. The second-order valence-corrected chi connectivity index (χ2v) is 7.68. The van der Waals surface area contributed by atoms with E-state index in [1.54, 1.807) is 26.0 Å². The van der Waals surface area contributed by atoms with Crippen molar-refractivity contribution in [1.29, 1.82) is 0 Å². The van der Waals surface area contributed by atoms with Gasteiger partial charge in [-0.2, -0.15) is 0 Å². The Hall–Kier alpha value is -3.08. The predicted octanol–water partition coefficient (Wildman–Crippen LogP) is 5.73. The molecule has 2 aromatic carbocycles. The second kappa shape index (κ2) is 10.1. The Morgan fingerprint density at radius 2 is 1.80 bits per heavy atom. The molecule has 3 aromatic rings. The number of rotatable bonds is 9. The Morgan fingerprint density at radius 3 is 2.50 bits per heavy atom. The molecule has 158 valence electrons. The Balaban J connectivity index is 1.74. The van der Waals surface area contributed by atoms with Crippen molar-refractivity contribution in [2.45, 2.75) is 46.5 Å². The fourth-order valence-electron chi connectivity index (χ4n) is 3.13. The third kappa shape index (κ3) is 5.50. The summed E-state index contributed by atoms with van der Waals surface area (Å²) in [5, 5.41) is 0.795. The van der Waals surface area contributed by atoms with Crippen molar-refractivity contribution in [3.8, 4) is 16.9 Å². The number of fused-ring (bicyclic) bond motifs is 1. The molecular formula is C25H28O5. The van der Waals surface area contributed by atoms with Crippen LogP contribution in [0.15, 0.2) is 57.7 Å². The van der Waals surface area contributed by atoms with E-state index in [4.69, 9.17) is 13.9 Å². The molecule has 0 amide bonds. The van der Waals surface area contributed by atoms with E-state index < -0.39 is 5.63 Å². The lowest BCUT2D eigenvalue weighted by Crippen LogP contribution is -2.15. The van der Waals surface area contributed by atoms with Crippen LogP contribution in [0.5, 0.6) is 5.75 Å². The maximum Gasteiger partial charge on any atom is 0.344 e. The minimum atomic E-state index is -0.399. The van der Waals surface area contributed by atoms with E-state index >= 15 is 0 Å². The topological polar surface area (TPSA) is 65.7 Å². The van der Waals surface area contributed by atoms with Crippen LogP contribution in [0.2, 0.25) is 0 Å². The lowest BCUT2D eigenvalue weighted by atomic mass is 10.0. The molecule has 0 spiro atoms. The first-order chi connectivity index (χ1) is 14.5. The van der Waals surface area contributed by atoms with Crippen LogP contribution in [-0.4, -0.2) is 12.8 Å². The van der Waals surface area contributed by atoms with Gasteiger partial charge in [0.05, 0.1) is 11.5 Å². The lowest BCUT2D eigenvalue weighted by molar-refractivity contribution is -0.153. The van der Waals surface area contributed by atoms with Crippen molar-refractivity contribution in [3.63, 3.8) is 0 Å². The van der Waals surface area contributed by atoms with E-state index in [2.05, 4.69) is 19.1 Å². The van der Waals surface area contributed by atoms with Gasteiger partial charge in [0, 0.05) is 11.5 Å².